The van der Waals surface area contributed by atoms with Gasteiger partial charge in [0.1, 0.15) is 0 Å². The average Bonchev–Trinajstić information content (AvgIpc) is 3.26. The first kappa shape index (κ1) is 32.5. The Balaban J connectivity index is 1.71. The van der Waals surface area contributed by atoms with E-state index in [-0.39, 0.29) is 11.3 Å². The Hall–Kier alpha value is -1.01. The fourth-order valence-corrected chi connectivity index (χ4v) is 8.44. The Bertz CT molecular complexity index is 940. The third-order valence-corrected chi connectivity index (χ3v) is 11.3. The smallest absolute Gasteiger partial charge is 0.362 e. The van der Waals surface area contributed by atoms with E-state index in [1.807, 2.05) is 19.9 Å². The zero-order chi connectivity index (χ0) is 28.6. The fourth-order valence-electron chi connectivity index (χ4n) is 6.98. The minimum atomic E-state index is -3.64. The number of fused-ring (bicyclic) bond motifs is 1. The lowest BCUT2D eigenvalue weighted by Gasteiger charge is -2.44. The summed E-state index contributed by atoms with van der Waals surface area (Å²) in [6, 6.07) is 0. The van der Waals surface area contributed by atoms with Crippen LogP contribution in [-0.2, 0) is 13.6 Å². The van der Waals surface area contributed by atoms with E-state index in [2.05, 4.69) is 32.6 Å². The number of aliphatic hydroxyl groups is 3. The number of aliphatic hydroxyl groups excluding tert-OH is 3. The van der Waals surface area contributed by atoms with Gasteiger partial charge in [-0.2, -0.15) is 0 Å². The average molecular weight is 565 g/mol. The summed E-state index contributed by atoms with van der Waals surface area (Å²) in [5.74, 6) is -0.102. The molecule has 7 heteroatoms. The Morgan fingerprint density at radius 1 is 1.10 bits per heavy atom. The van der Waals surface area contributed by atoms with Gasteiger partial charge in [0.15, 0.2) is 5.85 Å². The predicted octanol–water partition coefficient (Wildman–Crippen LogP) is 7.46. The molecule has 3 saturated carbocycles. The van der Waals surface area contributed by atoms with Crippen LogP contribution in [-0.4, -0.2) is 46.6 Å². The van der Waals surface area contributed by atoms with Gasteiger partial charge < -0.3 is 24.4 Å². The number of rotatable bonds is 13. The topological polar surface area (TPSA) is 96.2 Å². The monoisotopic (exact) mass is 564 g/mol. The quantitative estimate of drug-likeness (QED) is 0.122. The lowest BCUT2D eigenvalue weighted by Crippen LogP contribution is -2.35. The molecule has 7 atom stereocenters. The fraction of sp³-hybridized carbons (Fsp3) is 0.750. The first-order valence-corrected chi connectivity index (χ1v) is 16.9. The van der Waals surface area contributed by atoms with Crippen molar-refractivity contribution in [2.24, 2.45) is 23.2 Å². The number of hydrogen-bond acceptors (Lipinski definition) is 6. The van der Waals surface area contributed by atoms with Crippen molar-refractivity contribution >= 4 is 7.60 Å². The van der Waals surface area contributed by atoms with Gasteiger partial charge in [-0.1, -0.05) is 70.9 Å². The van der Waals surface area contributed by atoms with Crippen LogP contribution in [0.4, 0.5) is 0 Å². The van der Waals surface area contributed by atoms with Gasteiger partial charge >= 0.3 is 7.60 Å². The van der Waals surface area contributed by atoms with Crippen molar-refractivity contribution in [3.05, 3.63) is 47.6 Å². The summed E-state index contributed by atoms with van der Waals surface area (Å²) in [6.07, 6.45) is 16.7. The molecule has 0 aromatic carbocycles. The molecule has 0 aromatic heterocycles. The maximum Gasteiger partial charge on any atom is 0.362 e. The maximum atomic E-state index is 13.4. The molecule has 3 rings (SSSR count). The number of allylic oxidation sites excluding steroid dienone is 4. The number of hydrogen-bond donors (Lipinski definition) is 3. The second-order valence-corrected chi connectivity index (χ2v) is 14.4. The highest BCUT2D eigenvalue weighted by Crippen LogP contribution is 2.60. The zero-order valence-corrected chi connectivity index (χ0v) is 25.6. The van der Waals surface area contributed by atoms with Crippen LogP contribution in [0.15, 0.2) is 47.6 Å². The van der Waals surface area contributed by atoms with Gasteiger partial charge in [0, 0.05) is 6.42 Å². The van der Waals surface area contributed by atoms with Crippen LogP contribution in [0.3, 0.4) is 0 Å². The molecular weight excluding hydrogens is 511 g/mol. The van der Waals surface area contributed by atoms with E-state index in [0.717, 1.165) is 62.5 Å². The minimum absolute atomic E-state index is 0.152. The molecule has 0 heterocycles. The first-order chi connectivity index (χ1) is 18.6. The molecule has 6 nitrogen and oxygen atoms in total. The normalized spacial score (nSPS) is 33.7. The molecule has 0 bridgehead atoms. The highest BCUT2D eigenvalue weighted by molar-refractivity contribution is 7.54. The van der Waals surface area contributed by atoms with Crippen LogP contribution in [0.2, 0.25) is 0 Å². The molecule has 0 radical (unpaired) electrons. The summed E-state index contributed by atoms with van der Waals surface area (Å²) in [6.45, 7) is 13.4. The summed E-state index contributed by atoms with van der Waals surface area (Å²) in [5.41, 5.74) is 3.29. The van der Waals surface area contributed by atoms with Crippen LogP contribution < -0.4 is 0 Å². The highest BCUT2D eigenvalue weighted by Gasteiger charge is 2.50. The highest BCUT2D eigenvalue weighted by atomic mass is 31.2. The summed E-state index contributed by atoms with van der Waals surface area (Å²) >= 11 is 0. The van der Waals surface area contributed by atoms with E-state index in [1.54, 1.807) is 6.08 Å². The van der Waals surface area contributed by atoms with E-state index in [0.29, 0.717) is 37.9 Å². The molecule has 0 aromatic rings. The molecule has 3 fully saturated rings. The lowest BCUT2D eigenvalue weighted by atomic mass is 9.61. The maximum absolute atomic E-state index is 13.4. The summed E-state index contributed by atoms with van der Waals surface area (Å²) in [5, 5.41) is 31.2. The van der Waals surface area contributed by atoms with Crippen molar-refractivity contribution in [1.29, 1.82) is 0 Å². The Morgan fingerprint density at radius 2 is 1.77 bits per heavy atom. The van der Waals surface area contributed by atoms with Crippen molar-refractivity contribution in [2.75, 3.05) is 13.2 Å². The molecule has 0 amide bonds. The molecule has 2 unspecified atom stereocenters. The van der Waals surface area contributed by atoms with Gasteiger partial charge in [-0.3, -0.25) is 4.57 Å². The second kappa shape index (κ2) is 14.8. The van der Waals surface area contributed by atoms with Crippen LogP contribution >= 0.6 is 7.60 Å². The van der Waals surface area contributed by atoms with Gasteiger partial charge in [0.05, 0.1) is 25.4 Å². The van der Waals surface area contributed by atoms with Crippen LogP contribution in [0.5, 0.6) is 0 Å². The van der Waals surface area contributed by atoms with Gasteiger partial charge in [-0.05, 0) is 91.8 Å². The molecule has 3 N–H and O–H groups in total. The van der Waals surface area contributed by atoms with E-state index in [1.165, 1.54) is 12.0 Å². The van der Waals surface area contributed by atoms with Crippen molar-refractivity contribution in [3.8, 4) is 0 Å². The summed E-state index contributed by atoms with van der Waals surface area (Å²) in [7, 11) is -3.64. The largest absolute Gasteiger partial charge is 0.393 e. The summed E-state index contributed by atoms with van der Waals surface area (Å²) in [4.78, 5) is 0. The van der Waals surface area contributed by atoms with E-state index in [9.17, 15) is 19.9 Å². The van der Waals surface area contributed by atoms with E-state index < -0.39 is 25.6 Å². The molecule has 3 aliphatic carbocycles. The predicted molar refractivity (Wildman–Crippen MR) is 158 cm³/mol. The van der Waals surface area contributed by atoms with Gasteiger partial charge in [-0.15, -0.1) is 0 Å². The summed E-state index contributed by atoms with van der Waals surface area (Å²) < 4.78 is 24.7. The Morgan fingerprint density at radius 3 is 2.41 bits per heavy atom. The molecule has 0 saturated heterocycles. The minimum Gasteiger partial charge on any atom is -0.393 e. The van der Waals surface area contributed by atoms with Crippen LogP contribution in [0.25, 0.3) is 0 Å². The zero-order valence-electron chi connectivity index (χ0n) is 24.7. The van der Waals surface area contributed by atoms with Crippen LogP contribution in [0, 0.1) is 23.2 Å². The molecule has 0 aliphatic heterocycles. The third kappa shape index (κ3) is 8.05. The van der Waals surface area contributed by atoms with Crippen molar-refractivity contribution < 1.29 is 28.9 Å². The molecule has 0 spiro atoms. The molecule has 3 aliphatic rings. The first-order valence-electron chi connectivity index (χ1n) is 15.3. The van der Waals surface area contributed by atoms with E-state index in [4.69, 9.17) is 9.05 Å². The Kier molecular flexibility index (Phi) is 12.3. The number of unbranched alkanes of at least 4 members (excludes halogenated alkanes) is 2. The van der Waals surface area contributed by atoms with E-state index >= 15 is 0 Å². The molecule has 39 heavy (non-hydrogen) atoms. The SMILES string of the molecule is C=C1C(=CC=C2CCC[C@@]3(C)C2CC[C@@H]3[C@H](C)C=CC(O)P(=O)(OCCCC)OCCCC)C[C@@H](O)C[C@@H]1O. The van der Waals surface area contributed by atoms with Crippen molar-refractivity contribution in [1.82, 2.24) is 0 Å². The lowest BCUT2D eigenvalue weighted by molar-refractivity contribution is 0.0862. The van der Waals surface area contributed by atoms with Gasteiger partial charge in [-0.25, -0.2) is 0 Å². The van der Waals surface area contributed by atoms with Gasteiger partial charge in [0.25, 0.3) is 0 Å². The molecule has 222 valence electrons. The molecular formula is C32H53O6P. The van der Waals surface area contributed by atoms with Crippen LogP contribution in [0.1, 0.15) is 98.3 Å². The standard InChI is InChI=1S/C32H53O6P/c1-6-8-19-37-39(36,38-20-9-7-2)31(35)17-12-23(3)28-15-16-29-25(11-10-18-32(28,29)5)13-14-26-21-27(33)22-30(34)24(26)4/h12-14,17,23,27-31,33-35H,4,6-11,15-16,18-22H2,1-3,5H3/t23-,27-,28-,29?,30+,31?,32-/m1/s1. The second-order valence-electron chi connectivity index (χ2n) is 12.2. The van der Waals surface area contributed by atoms with Gasteiger partial charge in [0.2, 0.25) is 0 Å². The Labute approximate surface area is 236 Å². The van der Waals surface area contributed by atoms with Crippen molar-refractivity contribution in [2.45, 2.75) is 116 Å². The van der Waals surface area contributed by atoms with Crippen molar-refractivity contribution in [3.63, 3.8) is 0 Å². The third-order valence-electron chi connectivity index (χ3n) is 9.39.